The lowest BCUT2D eigenvalue weighted by atomic mass is 10.0. The summed E-state index contributed by atoms with van der Waals surface area (Å²) < 4.78 is 5.84. The number of ether oxygens (including phenoxy) is 1. The third kappa shape index (κ3) is 27.1. The lowest BCUT2D eigenvalue weighted by Crippen LogP contribution is -2.18. The molecule has 0 spiro atoms. The average Bonchev–Trinajstić information content (AvgIpc) is 2.93. The van der Waals surface area contributed by atoms with E-state index in [0.717, 1.165) is 6.61 Å². The van der Waals surface area contributed by atoms with Crippen LogP contribution in [0.15, 0.2) is 12.2 Å². The van der Waals surface area contributed by atoms with Gasteiger partial charge in [-0.3, -0.25) is 0 Å². The molecular weight excluding hydrogens is 448 g/mol. The van der Waals surface area contributed by atoms with Gasteiger partial charge in [-0.25, -0.2) is 0 Å². The minimum Gasteiger partial charge on any atom is -0.378 e. The van der Waals surface area contributed by atoms with Crippen LogP contribution in [0.4, 0.5) is 0 Å². The molecule has 0 aliphatic carbocycles. The van der Waals surface area contributed by atoms with E-state index in [2.05, 4.69) is 19.1 Å². The van der Waals surface area contributed by atoms with Crippen LogP contribution in [-0.4, -0.2) is 12.7 Å². The van der Waals surface area contributed by atoms with Crippen molar-refractivity contribution in [1.82, 2.24) is 0 Å². The molecule has 0 aromatic carbocycles. The third-order valence-electron chi connectivity index (χ3n) is 8.56. The first-order chi connectivity index (χ1) is 18.4. The second-order valence-corrected chi connectivity index (χ2v) is 12.3. The van der Waals surface area contributed by atoms with Gasteiger partial charge in [-0.15, -0.1) is 0 Å². The van der Waals surface area contributed by atoms with Gasteiger partial charge >= 0.3 is 0 Å². The molecule has 1 rings (SSSR count). The summed E-state index contributed by atoms with van der Waals surface area (Å²) in [6.07, 6.45) is 49.7. The highest BCUT2D eigenvalue weighted by atomic mass is 16.5. The lowest BCUT2D eigenvalue weighted by Gasteiger charge is -2.22. The number of allylic oxidation sites excluding steroid dienone is 2. The van der Waals surface area contributed by atoms with Crippen LogP contribution in [0.25, 0.3) is 0 Å². The number of hydrogen-bond acceptors (Lipinski definition) is 1. The molecule has 37 heavy (non-hydrogen) atoms. The molecule has 0 radical (unpaired) electrons. The summed E-state index contributed by atoms with van der Waals surface area (Å²) in [5.41, 5.74) is 0. The normalized spacial score (nSPS) is 16.2. The van der Waals surface area contributed by atoms with E-state index in [4.69, 9.17) is 4.74 Å². The van der Waals surface area contributed by atoms with Crippen molar-refractivity contribution in [3.8, 4) is 0 Å². The molecule has 1 unspecified atom stereocenters. The predicted octanol–water partition coefficient (Wildman–Crippen LogP) is 13.1. The van der Waals surface area contributed by atoms with Crippen LogP contribution in [0.1, 0.15) is 206 Å². The molecule has 1 fully saturated rings. The Hall–Kier alpha value is -0.300. The molecule has 0 saturated carbocycles. The van der Waals surface area contributed by atoms with E-state index in [9.17, 15) is 0 Å². The summed E-state index contributed by atoms with van der Waals surface area (Å²) in [4.78, 5) is 0. The van der Waals surface area contributed by atoms with E-state index in [1.807, 2.05) is 0 Å². The van der Waals surface area contributed by atoms with Gasteiger partial charge in [-0.05, 0) is 51.4 Å². The van der Waals surface area contributed by atoms with Crippen molar-refractivity contribution in [1.29, 1.82) is 0 Å². The van der Waals surface area contributed by atoms with E-state index >= 15 is 0 Å². The first-order valence-electron chi connectivity index (χ1n) is 17.7. The summed E-state index contributed by atoms with van der Waals surface area (Å²) in [7, 11) is 0. The fourth-order valence-corrected chi connectivity index (χ4v) is 5.95. The molecular formula is C36H70O. The Bertz CT molecular complexity index is 436. The zero-order chi connectivity index (χ0) is 26.3. The largest absolute Gasteiger partial charge is 0.378 e. The number of unbranched alkanes of at least 4 members (excludes halogenated alkanes) is 25. The van der Waals surface area contributed by atoms with Crippen LogP contribution in [0.5, 0.6) is 0 Å². The van der Waals surface area contributed by atoms with Crippen molar-refractivity contribution in [2.24, 2.45) is 0 Å². The van der Waals surface area contributed by atoms with Crippen LogP contribution in [-0.2, 0) is 4.74 Å². The van der Waals surface area contributed by atoms with Gasteiger partial charge in [0.2, 0.25) is 0 Å². The van der Waals surface area contributed by atoms with Crippen LogP contribution >= 0.6 is 0 Å². The van der Waals surface area contributed by atoms with Crippen LogP contribution in [0.3, 0.4) is 0 Å². The lowest BCUT2D eigenvalue weighted by molar-refractivity contribution is 0.00977. The van der Waals surface area contributed by atoms with Crippen LogP contribution < -0.4 is 0 Å². The maximum absolute atomic E-state index is 5.84. The third-order valence-corrected chi connectivity index (χ3v) is 8.56. The molecule has 1 saturated heterocycles. The Morgan fingerprint density at radius 3 is 1.22 bits per heavy atom. The Morgan fingerprint density at radius 1 is 0.459 bits per heavy atom. The molecule has 0 bridgehead atoms. The SMILES string of the molecule is CCCCCCCCCCCCCCCCCC/C=C\CCCCCCCCCCCC1CCCCO1. The number of rotatable bonds is 29. The molecule has 0 aromatic heterocycles. The fourth-order valence-electron chi connectivity index (χ4n) is 5.95. The highest BCUT2D eigenvalue weighted by Crippen LogP contribution is 2.19. The average molecular weight is 519 g/mol. The summed E-state index contributed by atoms with van der Waals surface area (Å²) >= 11 is 0. The zero-order valence-corrected chi connectivity index (χ0v) is 25.8. The van der Waals surface area contributed by atoms with E-state index in [1.54, 1.807) is 0 Å². The van der Waals surface area contributed by atoms with Gasteiger partial charge in [0.05, 0.1) is 6.10 Å². The minimum absolute atomic E-state index is 0.594. The molecule has 1 atom stereocenters. The second-order valence-electron chi connectivity index (χ2n) is 12.3. The maximum Gasteiger partial charge on any atom is 0.0575 e. The Labute approximate surface area is 235 Å². The minimum atomic E-state index is 0.594. The van der Waals surface area contributed by atoms with Gasteiger partial charge < -0.3 is 4.74 Å². The maximum atomic E-state index is 5.84. The summed E-state index contributed by atoms with van der Waals surface area (Å²) in [6.45, 7) is 3.32. The van der Waals surface area contributed by atoms with E-state index in [-0.39, 0.29) is 0 Å². The van der Waals surface area contributed by atoms with Crippen LogP contribution in [0.2, 0.25) is 0 Å². The standard InChI is InChI=1S/C36H70O/c1-2-3-4-5-6-7-8-9-10-11-12-13-14-15-16-17-18-19-20-21-22-23-24-25-26-27-28-29-30-33-36-34-31-32-35-37-36/h19-20,36H,2-18,21-35H2,1H3/b20-19-. The van der Waals surface area contributed by atoms with Crippen LogP contribution in [0, 0.1) is 0 Å². The highest BCUT2D eigenvalue weighted by molar-refractivity contribution is 4.81. The molecule has 0 aromatic rings. The van der Waals surface area contributed by atoms with E-state index in [0.29, 0.717) is 6.10 Å². The molecule has 0 N–H and O–H groups in total. The quantitative estimate of drug-likeness (QED) is 0.0706. The van der Waals surface area contributed by atoms with E-state index in [1.165, 1.54) is 199 Å². The predicted molar refractivity (Wildman–Crippen MR) is 168 cm³/mol. The topological polar surface area (TPSA) is 9.23 Å². The molecule has 1 nitrogen and oxygen atoms in total. The van der Waals surface area contributed by atoms with Gasteiger partial charge in [0, 0.05) is 6.61 Å². The molecule has 1 heteroatoms. The number of hydrogen-bond donors (Lipinski definition) is 0. The summed E-state index contributed by atoms with van der Waals surface area (Å²) in [5.74, 6) is 0. The van der Waals surface area contributed by atoms with Gasteiger partial charge in [0.25, 0.3) is 0 Å². The summed E-state index contributed by atoms with van der Waals surface area (Å²) in [5, 5.41) is 0. The molecule has 220 valence electrons. The zero-order valence-electron chi connectivity index (χ0n) is 25.8. The summed E-state index contributed by atoms with van der Waals surface area (Å²) in [6, 6.07) is 0. The first-order valence-corrected chi connectivity index (χ1v) is 17.7. The van der Waals surface area contributed by atoms with Gasteiger partial charge in [-0.2, -0.15) is 0 Å². The van der Waals surface area contributed by atoms with Crippen molar-refractivity contribution in [2.75, 3.05) is 6.61 Å². The van der Waals surface area contributed by atoms with Crippen molar-refractivity contribution in [3.05, 3.63) is 12.2 Å². The van der Waals surface area contributed by atoms with Crippen molar-refractivity contribution in [3.63, 3.8) is 0 Å². The van der Waals surface area contributed by atoms with Gasteiger partial charge in [0.15, 0.2) is 0 Å². The molecule has 1 aliphatic heterocycles. The Balaban J connectivity index is 1.64. The molecule has 1 heterocycles. The first kappa shape index (κ1) is 34.7. The van der Waals surface area contributed by atoms with E-state index < -0.39 is 0 Å². The van der Waals surface area contributed by atoms with Gasteiger partial charge in [-0.1, -0.05) is 167 Å². The fraction of sp³-hybridized carbons (Fsp3) is 0.944. The Morgan fingerprint density at radius 2 is 0.838 bits per heavy atom. The Kier molecular flexibility index (Phi) is 28.4. The van der Waals surface area contributed by atoms with Crippen molar-refractivity contribution >= 4 is 0 Å². The highest BCUT2D eigenvalue weighted by Gasteiger charge is 2.12. The smallest absolute Gasteiger partial charge is 0.0575 e. The second kappa shape index (κ2) is 30.2. The van der Waals surface area contributed by atoms with Gasteiger partial charge in [0.1, 0.15) is 0 Å². The molecule has 0 amide bonds. The van der Waals surface area contributed by atoms with Crippen molar-refractivity contribution < 1.29 is 4.74 Å². The molecule has 1 aliphatic rings. The van der Waals surface area contributed by atoms with Crippen molar-refractivity contribution in [2.45, 2.75) is 212 Å². The monoisotopic (exact) mass is 519 g/mol.